The van der Waals surface area contributed by atoms with E-state index in [4.69, 9.17) is 4.74 Å². The second-order valence-corrected chi connectivity index (χ2v) is 2.80. The summed E-state index contributed by atoms with van der Waals surface area (Å²) < 4.78 is 4.82. The molecule has 1 aliphatic heterocycles. The van der Waals surface area contributed by atoms with Gasteiger partial charge in [-0.25, -0.2) is 0 Å². The summed E-state index contributed by atoms with van der Waals surface area (Å²) in [5.74, 6) is -0.0231. The van der Waals surface area contributed by atoms with E-state index in [1.54, 1.807) is 0 Å². The molecule has 1 rings (SSSR count). The van der Waals surface area contributed by atoms with Crippen LogP contribution in [-0.4, -0.2) is 12.6 Å². The zero-order chi connectivity index (χ0) is 6.91. The fraction of sp³-hybridized carbons (Fsp3) is 0.857. The Bertz CT molecular complexity index is 131. The van der Waals surface area contributed by atoms with E-state index in [9.17, 15) is 4.79 Å². The van der Waals surface area contributed by atoms with E-state index in [1.807, 2.05) is 13.8 Å². The third-order valence-corrected chi connectivity index (χ3v) is 2.16. The van der Waals surface area contributed by atoms with Gasteiger partial charge in [-0.15, -0.1) is 0 Å². The van der Waals surface area contributed by atoms with Crippen LogP contribution in [0.2, 0.25) is 0 Å². The Morgan fingerprint density at radius 3 is 2.67 bits per heavy atom. The summed E-state index contributed by atoms with van der Waals surface area (Å²) in [6, 6.07) is 0. The van der Waals surface area contributed by atoms with Crippen molar-refractivity contribution in [3.8, 4) is 0 Å². The lowest BCUT2D eigenvalue weighted by atomic mass is 9.86. The number of hydrogen-bond acceptors (Lipinski definition) is 2. The molecule has 0 aromatic carbocycles. The molecule has 9 heavy (non-hydrogen) atoms. The van der Waals surface area contributed by atoms with E-state index in [0.717, 1.165) is 12.8 Å². The van der Waals surface area contributed by atoms with E-state index >= 15 is 0 Å². The van der Waals surface area contributed by atoms with Gasteiger partial charge in [-0.05, 0) is 19.8 Å². The summed E-state index contributed by atoms with van der Waals surface area (Å²) in [5, 5.41) is 0. The fourth-order valence-corrected chi connectivity index (χ4v) is 0.966. The van der Waals surface area contributed by atoms with Crippen molar-refractivity contribution in [2.24, 2.45) is 5.41 Å². The molecule has 1 saturated heterocycles. The number of cyclic esters (lactones) is 1. The van der Waals surface area contributed by atoms with E-state index in [-0.39, 0.29) is 11.4 Å². The number of rotatable bonds is 1. The average Bonchev–Trinajstić information content (AvgIpc) is 2.15. The molecule has 1 heterocycles. The van der Waals surface area contributed by atoms with Gasteiger partial charge in [0.2, 0.25) is 0 Å². The van der Waals surface area contributed by atoms with Crippen molar-refractivity contribution < 1.29 is 9.53 Å². The first-order chi connectivity index (χ1) is 4.19. The molecule has 0 aromatic heterocycles. The number of carbonyl (C=O) groups is 1. The van der Waals surface area contributed by atoms with Crippen LogP contribution in [0.1, 0.15) is 26.7 Å². The van der Waals surface area contributed by atoms with Gasteiger partial charge in [0.1, 0.15) is 0 Å². The van der Waals surface area contributed by atoms with Gasteiger partial charge in [-0.2, -0.15) is 0 Å². The Morgan fingerprint density at radius 1 is 1.78 bits per heavy atom. The molecule has 1 fully saturated rings. The summed E-state index contributed by atoms with van der Waals surface area (Å²) >= 11 is 0. The maximum atomic E-state index is 10.9. The van der Waals surface area contributed by atoms with Crippen molar-refractivity contribution in [3.63, 3.8) is 0 Å². The van der Waals surface area contributed by atoms with E-state index < -0.39 is 0 Å². The van der Waals surface area contributed by atoms with Crippen molar-refractivity contribution in [2.45, 2.75) is 26.7 Å². The third kappa shape index (κ3) is 0.934. The van der Waals surface area contributed by atoms with Gasteiger partial charge in [0.05, 0.1) is 12.0 Å². The molecule has 2 heteroatoms. The molecular formula is C7H12O2. The van der Waals surface area contributed by atoms with Gasteiger partial charge >= 0.3 is 5.97 Å². The summed E-state index contributed by atoms with van der Waals surface area (Å²) in [5.41, 5.74) is -0.167. The molecule has 0 N–H and O–H groups in total. The van der Waals surface area contributed by atoms with Crippen LogP contribution >= 0.6 is 0 Å². The first-order valence-corrected chi connectivity index (χ1v) is 3.36. The molecule has 0 aromatic rings. The molecular weight excluding hydrogens is 116 g/mol. The summed E-state index contributed by atoms with van der Waals surface area (Å²) in [4.78, 5) is 10.9. The van der Waals surface area contributed by atoms with Crippen molar-refractivity contribution in [2.75, 3.05) is 6.61 Å². The van der Waals surface area contributed by atoms with Crippen LogP contribution in [0.25, 0.3) is 0 Å². The van der Waals surface area contributed by atoms with Crippen LogP contribution in [0, 0.1) is 5.41 Å². The predicted octanol–water partition coefficient (Wildman–Crippen LogP) is 1.35. The monoisotopic (exact) mass is 128 g/mol. The van der Waals surface area contributed by atoms with Gasteiger partial charge in [0.25, 0.3) is 0 Å². The quantitative estimate of drug-likeness (QED) is 0.498. The topological polar surface area (TPSA) is 26.3 Å². The van der Waals surface area contributed by atoms with Crippen molar-refractivity contribution in [1.82, 2.24) is 0 Å². The van der Waals surface area contributed by atoms with Crippen LogP contribution in [0.4, 0.5) is 0 Å². The maximum Gasteiger partial charge on any atom is 0.311 e. The highest BCUT2D eigenvalue weighted by Gasteiger charge is 2.37. The largest absolute Gasteiger partial charge is 0.465 e. The number of carbonyl (C=O) groups excluding carboxylic acids is 1. The van der Waals surface area contributed by atoms with Gasteiger partial charge < -0.3 is 4.74 Å². The first kappa shape index (κ1) is 6.59. The van der Waals surface area contributed by atoms with Crippen LogP contribution in [0.3, 0.4) is 0 Å². The van der Waals surface area contributed by atoms with Crippen LogP contribution in [0.15, 0.2) is 0 Å². The summed E-state index contributed by atoms with van der Waals surface area (Å²) in [6.45, 7) is 4.60. The van der Waals surface area contributed by atoms with Gasteiger partial charge in [0.15, 0.2) is 0 Å². The average molecular weight is 128 g/mol. The van der Waals surface area contributed by atoms with Gasteiger partial charge in [0, 0.05) is 0 Å². The lowest BCUT2D eigenvalue weighted by Gasteiger charge is -2.14. The smallest absolute Gasteiger partial charge is 0.311 e. The minimum Gasteiger partial charge on any atom is -0.465 e. The fourth-order valence-electron chi connectivity index (χ4n) is 0.966. The zero-order valence-electron chi connectivity index (χ0n) is 5.94. The van der Waals surface area contributed by atoms with Gasteiger partial charge in [-0.3, -0.25) is 4.79 Å². The predicted molar refractivity (Wildman–Crippen MR) is 34.0 cm³/mol. The number of esters is 1. The summed E-state index contributed by atoms with van der Waals surface area (Å²) in [7, 11) is 0. The van der Waals surface area contributed by atoms with Crippen molar-refractivity contribution in [1.29, 1.82) is 0 Å². The Labute approximate surface area is 55.2 Å². The molecule has 0 radical (unpaired) electrons. The molecule has 1 atom stereocenters. The first-order valence-electron chi connectivity index (χ1n) is 3.36. The zero-order valence-corrected chi connectivity index (χ0v) is 5.94. The van der Waals surface area contributed by atoms with Crippen LogP contribution < -0.4 is 0 Å². The molecule has 0 saturated carbocycles. The number of ether oxygens (including phenoxy) is 1. The maximum absolute atomic E-state index is 10.9. The molecule has 2 nitrogen and oxygen atoms in total. The molecule has 0 aliphatic carbocycles. The van der Waals surface area contributed by atoms with Crippen molar-refractivity contribution in [3.05, 3.63) is 0 Å². The highest BCUT2D eigenvalue weighted by molar-refractivity contribution is 5.77. The van der Waals surface area contributed by atoms with Gasteiger partial charge in [-0.1, -0.05) is 6.92 Å². The Hall–Kier alpha value is -0.530. The van der Waals surface area contributed by atoms with E-state index in [0.29, 0.717) is 6.61 Å². The second kappa shape index (κ2) is 2.01. The normalized spacial score (nSPS) is 34.7. The third-order valence-electron chi connectivity index (χ3n) is 2.16. The lowest BCUT2D eigenvalue weighted by molar-refractivity contribution is -0.145. The molecule has 1 aliphatic rings. The Morgan fingerprint density at radius 2 is 2.44 bits per heavy atom. The minimum absolute atomic E-state index is 0.0231. The molecule has 0 bridgehead atoms. The lowest BCUT2D eigenvalue weighted by Crippen LogP contribution is -2.20. The Balaban J connectivity index is 2.67. The standard InChI is InChI=1S/C7H12O2/c1-3-7(2)4-5-9-6(7)8/h3-5H2,1-2H3. The Kier molecular flexibility index (Phi) is 1.47. The van der Waals surface area contributed by atoms with E-state index in [1.165, 1.54) is 0 Å². The molecule has 0 spiro atoms. The highest BCUT2D eigenvalue weighted by atomic mass is 16.5. The molecule has 0 amide bonds. The van der Waals surface area contributed by atoms with E-state index in [2.05, 4.69) is 0 Å². The summed E-state index contributed by atoms with van der Waals surface area (Å²) in [6.07, 6.45) is 1.79. The van der Waals surface area contributed by atoms with Crippen LogP contribution in [-0.2, 0) is 9.53 Å². The second-order valence-electron chi connectivity index (χ2n) is 2.80. The molecule has 1 unspecified atom stereocenters. The number of hydrogen-bond donors (Lipinski definition) is 0. The minimum atomic E-state index is -0.167. The van der Waals surface area contributed by atoms with Crippen molar-refractivity contribution >= 4 is 5.97 Å². The highest BCUT2D eigenvalue weighted by Crippen LogP contribution is 2.32. The van der Waals surface area contributed by atoms with Crippen LogP contribution in [0.5, 0.6) is 0 Å². The molecule has 52 valence electrons. The SMILES string of the molecule is CCC1(C)CCOC1=O.